The zero-order valence-corrected chi connectivity index (χ0v) is 21.2. The second-order valence-corrected chi connectivity index (χ2v) is 10.6. The molecule has 180 valence electrons. The molecule has 7 heteroatoms. The van der Waals surface area contributed by atoms with Gasteiger partial charge in [-0.1, -0.05) is 97.6 Å². The summed E-state index contributed by atoms with van der Waals surface area (Å²) in [7, 11) is 0. The molecule has 3 aromatic carbocycles. The Morgan fingerprint density at radius 3 is 2.28 bits per heavy atom. The molecule has 1 saturated carbocycles. The third-order valence-corrected chi connectivity index (χ3v) is 8.11. The van der Waals surface area contributed by atoms with E-state index in [1.807, 2.05) is 60.7 Å². The molecule has 2 heterocycles. The van der Waals surface area contributed by atoms with E-state index in [2.05, 4.69) is 31.9 Å². The number of halogens is 1. The number of aromatic nitrogens is 4. The van der Waals surface area contributed by atoms with E-state index in [0.717, 1.165) is 51.4 Å². The molecule has 0 spiro atoms. The van der Waals surface area contributed by atoms with E-state index in [1.54, 1.807) is 6.07 Å². The maximum Gasteiger partial charge on any atom is 0.263 e. The Hall–Kier alpha value is -3.35. The summed E-state index contributed by atoms with van der Waals surface area (Å²) in [5, 5.41) is 11.5. The van der Waals surface area contributed by atoms with Crippen LogP contribution in [0.15, 0.2) is 93.7 Å². The molecule has 0 bridgehead atoms. The first-order chi connectivity index (χ1) is 17.7. The van der Waals surface area contributed by atoms with Crippen molar-refractivity contribution in [3.63, 3.8) is 0 Å². The van der Waals surface area contributed by atoms with Crippen molar-refractivity contribution >= 4 is 34.3 Å². The fraction of sp³-hybridized carbons (Fsp3) is 0.207. The summed E-state index contributed by atoms with van der Waals surface area (Å²) < 4.78 is 2.26. The number of hydrogen-bond donors (Lipinski definition) is 1. The van der Waals surface area contributed by atoms with Gasteiger partial charge in [-0.15, -0.1) is 10.2 Å². The number of H-pyrrole nitrogens is 1. The van der Waals surface area contributed by atoms with Crippen LogP contribution in [-0.4, -0.2) is 19.7 Å². The van der Waals surface area contributed by atoms with Gasteiger partial charge in [-0.05, 0) is 42.3 Å². The van der Waals surface area contributed by atoms with Gasteiger partial charge in [0.15, 0.2) is 11.0 Å². The predicted molar refractivity (Wildman–Crippen MR) is 147 cm³/mol. The minimum Gasteiger partial charge on any atom is -0.321 e. The minimum atomic E-state index is -0.159. The summed E-state index contributed by atoms with van der Waals surface area (Å²) in [4.78, 5) is 17.2. The van der Waals surface area contributed by atoms with Crippen molar-refractivity contribution in [1.29, 1.82) is 0 Å². The Labute approximate surface area is 218 Å². The number of fused-ring (bicyclic) bond motifs is 1. The normalized spacial score (nSPS) is 14.4. The predicted octanol–water partition coefficient (Wildman–Crippen LogP) is 7.76. The third kappa shape index (κ3) is 4.36. The van der Waals surface area contributed by atoms with Crippen LogP contribution in [-0.2, 0) is 0 Å². The Kier molecular flexibility index (Phi) is 6.38. The number of hydrogen-bond acceptors (Lipinski definition) is 4. The van der Waals surface area contributed by atoms with Crippen LogP contribution in [0.3, 0.4) is 0 Å². The zero-order valence-electron chi connectivity index (χ0n) is 19.7. The number of pyridine rings is 1. The van der Waals surface area contributed by atoms with Crippen LogP contribution >= 0.6 is 23.4 Å². The van der Waals surface area contributed by atoms with Crippen molar-refractivity contribution in [3.05, 3.63) is 94.2 Å². The van der Waals surface area contributed by atoms with Gasteiger partial charge in [-0.25, -0.2) is 0 Å². The molecule has 2 aromatic heterocycles. The molecular weight excluding hydrogens is 488 g/mol. The van der Waals surface area contributed by atoms with Crippen LogP contribution < -0.4 is 5.56 Å². The van der Waals surface area contributed by atoms with Gasteiger partial charge in [-0.2, -0.15) is 0 Å². The van der Waals surface area contributed by atoms with Crippen molar-refractivity contribution in [2.45, 2.75) is 48.2 Å². The fourth-order valence-electron chi connectivity index (χ4n) is 5.13. The lowest BCUT2D eigenvalue weighted by atomic mass is 9.95. The first kappa shape index (κ1) is 23.1. The van der Waals surface area contributed by atoms with Crippen LogP contribution in [0.5, 0.6) is 0 Å². The monoisotopic (exact) mass is 512 g/mol. The topological polar surface area (TPSA) is 63.6 Å². The van der Waals surface area contributed by atoms with Crippen LogP contribution in [0.2, 0.25) is 5.02 Å². The van der Waals surface area contributed by atoms with E-state index in [0.29, 0.717) is 16.0 Å². The molecule has 0 aliphatic heterocycles. The smallest absolute Gasteiger partial charge is 0.263 e. The zero-order chi connectivity index (χ0) is 24.5. The number of nitrogens with zero attached hydrogens (tertiary/aromatic N) is 3. The highest BCUT2D eigenvalue weighted by atomic mass is 35.5. The largest absolute Gasteiger partial charge is 0.321 e. The van der Waals surface area contributed by atoms with Gasteiger partial charge in [-0.3, -0.25) is 9.36 Å². The van der Waals surface area contributed by atoms with Crippen molar-refractivity contribution in [3.8, 4) is 22.5 Å². The Morgan fingerprint density at radius 1 is 0.861 bits per heavy atom. The molecular formula is C29H25ClN4OS. The first-order valence-corrected chi connectivity index (χ1v) is 13.5. The highest BCUT2D eigenvalue weighted by Crippen LogP contribution is 2.41. The van der Waals surface area contributed by atoms with Gasteiger partial charge in [0.1, 0.15) is 0 Å². The lowest BCUT2D eigenvalue weighted by Gasteiger charge is -2.25. The van der Waals surface area contributed by atoms with E-state index in [4.69, 9.17) is 11.6 Å². The van der Waals surface area contributed by atoms with Crippen LogP contribution in [0, 0.1) is 0 Å². The van der Waals surface area contributed by atoms with Gasteiger partial charge in [0.25, 0.3) is 5.56 Å². The molecule has 0 unspecified atom stereocenters. The van der Waals surface area contributed by atoms with E-state index < -0.39 is 0 Å². The molecule has 6 rings (SSSR count). The van der Waals surface area contributed by atoms with E-state index in [9.17, 15) is 4.79 Å². The second-order valence-electron chi connectivity index (χ2n) is 9.15. The molecule has 0 radical (unpaired) electrons. The van der Waals surface area contributed by atoms with Crippen LogP contribution in [0.25, 0.3) is 33.4 Å². The van der Waals surface area contributed by atoms with Gasteiger partial charge < -0.3 is 4.98 Å². The Bertz CT molecular complexity index is 1570. The Balaban J connectivity index is 1.55. The average molecular weight is 513 g/mol. The van der Waals surface area contributed by atoms with Gasteiger partial charge in [0, 0.05) is 27.6 Å². The van der Waals surface area contributed by atoms with E-state index >= 15 is 0 Å². The molecule has 5 aromatic rings. The number of rotatable bonds is 5. The first-order valence-electron chi connectivity index (χ1n) is 12.3. The molecule has 0 saturated heterocycles. The van der Waals surface area contributed by atoms with Gasteiger partial charge in [0.05, 0.1) is 10.4 Å². The highest BCUT2D eigenvalue weighted by Gasteiger charge is 2.26. The van der Waals surface area contributed by atoms with E-state index in [1.165, 1.54) is 31.0 Å². The number of benzene rings is 3. The summed E-state index contributed by atoms with van der Waals surface area (Å²) in [6.45, 7) is 0. The second kappa shape index (κ2) is 9.96. The van der Waals surface area contributed by atoms with Gasteiger partial charge in [0.2, 0.25) is 0 Å². The molecule has 0 atom stereocenters. The number of nitrogens with one attached hydrogen (secondary N) is 1. The fourth-order valence-corrected chi connectivity index (χ4v) is 6.38. The molecule has 36 heavy (non-hydrogen) atoms. The van der Waals surface area contributed by atoms with Crippen LogP contribution in [0.1, 0.15) is 38.1 Å². The maximum absolute atomic E-state index is 13.5. The lowest BCUT2D eigenvalue weighted by molar-refractivity contribution is 0.339. The van der Waals surface area contributed by atoms with Crippen molar-refractivity contribution in [1.82, 2.24) is 19.7 Å². The standard InChI is InChI=1S/C29H25ClN4OS/c30-21-16-17-23-24(18-21)31-28(35)26(25(23)19-10-4-1-5-11-19)36-29-33-32-27(20-12-6-2-7-13-20)34(29)22-14-8-3-9-15-22/h1-2,4-7,10-13,16-18,22H,3,8-9,14-15H2,(H,31,35). The van der Waals surface area contributed by atoms with Crippen molar-refractivity contribution in [2.75, 3.05) is 0 Å². The summed E-state index contributed by atoms with van der Waals surface area (Å²) in [5.41, 5.74) is 3.45. The average Bonchev–Trinajstić information content (AvgIpc) is 3.34. The summed E-state index contributed by atoms with van der Waals surface area (Å²) in [6, 6.07) is 26.2. The third-order valence-electron chi connectivity index (χ3n) is 6.82. The quantitative estimate of drug-likeness (QED) is 0.261. The van der Waals surface area contributed by atoms with Gasteiger partial charge >= 0.3 is 0 Å². The SMILES string of the molecule is O=c1[nH]c2cc(Cl)ccc2c(-c2ccccc2)c1Sc1nnc(-c2ccccc2)n1C1CCCCC1. The molecule has 1 aliphatic carbocycles. The molecule has 1 N–H and O–H groups in total. The lowest BCUT2D eigenvalue weighted by Crippen LogP contribution is -2.16. The minimum absolute atomic E-state index is 0.159. The maximum atomic E-state index is 13.5. The van der Waals surface area contributed by atoms with E-state index in [-0.39, 0.29) is 5.56 Å². The van der Waals surface area contributed by atoms with Crippen molar-refractivity contribution in [2.24, 2.45) is 0 Å². The summed E-state index contributed by atoms with van der Waals surface area (Å²) in [6.07, 6.45) is 5.81. The van der Waals surface area contributed by atoms with Crippen LogP contribution in [0.4, 0.5) is 0 Å². The number of aromatic amines is 1. The summed E-state index contributed by atoms with van der Waals surface area (Å²) in [5.74, 6) is 0.857. The van der Waals surface area contributed by atoms with Crippen molar-refractivity contribution < 1.29 is 0 Å². The molecule has 0 amide bonds. The Morgan fingerprint density at radius 2 is 1.56 bits per heavy atom. The summed E-state index contributed by atoms with van der Waals surface area (Å²) >= 11 is 7.66. The highest BCUT2D eigenvalue weighted by molar-refractivity contribution is 7.99. The molecule has 1 aliphatic rings. The molecule has 1 fully saturated rings. The molecule has 5 nitrogen and oxygen atoms in total.